The standard InChI is InChI=1S/C17H16N4O3S/c1-23-13-5-3-4-11(15(13)24-2)9-19-21-16(22)10-6-7-12-14(8-10)25-17(18)20-12/h3-9H,1-2H3,(H2,18,20)(H,21,22)/b19-9-. The molecule has 8 heteroatoms. The maximum atomic E-state index is 12.2. The number of amides is 1. The number of aromatic nitrogens is 1. The van der Waals surface area contributed by atoms with E-state index in [1.807, 2.05) is 12.1 Å². The average Bonchev–Trinajstić information content (AvgIpc) is 3.00. The van der Waals surface area contributed by atoms with Crippen LogP contribution in [0.1, 0.15) is 15.9 Å². The third-order valence-corrected chi connectivity index (χ3v) is 4.32. The Morgan fingerprint density at radius 1 is 1.28 bits per heavy atom. The van der Waals surface area contributed by atoms with Crippen LogP contribution in [0, 0.1) is 0 Å². The third-order valence-electron chi connectivity index (χ3n) is 3.47. The molecule has 2 aromatic carbocycles. The Kier molecular flexibility index (Phi) is 4.80. The number of nitrogen functional groups attached to an aromatic ring is 1. The van der Waals surface area contributed by atoms with Gasteiger partial charge in [0.1, 0.15) is 0 Å². The number of hydrazone groups is 1. The molecule has 0 saturated carbocycles. The van der Waals surface area contributed by atoms with Crippen molar-refractivity contribution in [3.05, 3.63) is 47.5 Å². The van der Waals surface area contributed by atoms with Gasteiger partial charge in [0, 0.05) is 11.1 Å². The van der Waals surface area contributed by atoms with Gasteiger partial charge in [-0.15, -0.1) is 0 Å². The molecule has 0 atom stereocenters. The predicted molar refractivity (Wildman–Crippen MR) is 98.6 cm³/mol. The zero-order valence-electron chi connectivity index (χ0n) is 13.6. The molecule has 25 heavy (non-hydrogen) atoms. The van der Waals surface area contributed by atoms with Crippen LogP contribution < -0.4 is 20.6 Å². The van der Waals surface area contributed by atoms with Gasteiger partial charge >= 0.3 is 0 Å². The molecule has 1 amide bonds. The van der Waals surface area contributed by atoms with Crippen molar-refractivity contribution in [1.29, 1.82) is 0 Å². The summed E-state index contributed by atoms with van der Waals surface area (Å²) in [7, 11) is 3.10. The first-order chi connectivity index (χ1) is 12.1. The van der Waals surface area contributed by atoms with E-state index in [2.05, 4.69) is 15.5 Å². The number of thiazole rings is 1. The third kappa shape index (κ3) is 3.53. The first-order valence-electron chi connectivity index (χ1n) is 7.33. The minimum Gasteiger partial charge on any atom is -0.493 e. The molecule has 3 N–H and O–H groups in total. The van der Waals surface area contributed by atoms with E-state index in [-0.39, 0.29) is 5.91 Å². The van der Waals surface area contributed by atoms with Gasteiger partial charge in [0.2, 0.25) is 0 Å². The highest BCUT2D eigenvalue weighted by Crippen LogP contribution is 2.29. The van der Waals surface area contributed by atoms with Crippen LogP contribution in [0.25, 0.3) is 10.2 Å². The van der Waals surface area contributed by atoms with Crippen molar-refractivity contribution in [1.82, 2.24) is 10.4 Å². The van der Waals surface area contributed by atoms with Crippen LogP contribution in [-0.4, -0.2) is 31.3 Å². The number of ether oxygens (including phenoxy) is 2. The van der Waals surface area contributed by atoms with Gasteiger partial charge in [-0.2, -0.15) is 5.10 Å². The first-order valence-corrected chi connectivity index (χ1v) is 8.14. The molecular formula is C17H16N4O3S. The Morgan fingerprint density at radius 2 is 2.12 bits per heavy atom. The number of nitrogens with one attached hydrogen (secondary N) is 1. The van der Waals surface area contributed by atoms with Crippen LogP contribution in [0.3, 0.4) is 0 Å². The van der Waals surface area contributed by atoms with E-state index < -0.39 is 0 Å². The van der Waals surface area contributed by atoms with Crippen LogP contribution in [0.5, 0.6) is 11.5 Å². The number of anilines is 1. The van der Waals surface area contributed by atoms with Crippen molar-refractivity contribution in [2.75, 3.05) is 20.0 Å². The highest BCUT2D eigenvalue weighted by atomic mass is 32.1. The molecule has 0 fully saturated rings. The summed E-state index contributed by atoms with van der Waals surface area (Å²) in [5, 5.41) is 4.46. The van der Waals surface area contributed by atoms with Gasteiger partial charge in [0.15, 0.2) is 16.6 Å². The molecule has 1 heterocycles. The second kappa shape index (κ2) is 7.18. The number of para-hydroxylation sites is 1. The predicted octanol–water partition coefficient (Wildman–Crippen LogP) is 2.66. The monoisotopic (exact) mass is 356 g/mol. The van der Waals surface area contributed by atoms with E-state index in [4.69, 9.17) is 15.2 Å². The van der Waals surface area contributed by atoms with E-state index >= 15 is 0 Å². The van der Waals surface area contributed by atoms with E-state index in [1.165, 1.54) is 17.6 Å². The SMILES string of the molecule is COc1cccc(/C=N\NC(=O)c2ccc3nc(N)sc3c2)c1OC. The van der Waals surface area contributed by atoms with Crippen molar-refractivity contribution >= 4 is 38.8 Å². The summed E-state index contributed by atoms with van der Waals surface area (Å²) in [5.74, 6) is 0.808. The van der Waals surface area contributed by atoms with Gasteiger partial charge in [-0.1, -0.05) is 17.4 Å². The normalized spacial score (nSPS) is 11.0. The van der Waals surface area contributed by atoms with Gasteiger partial charge < -0.3 is 15.2 Å². The zero-order valence-corrected chi connectivity index (χ0v) is 14.5. The number of hydrogen-bond donors (Lipinski definition) is 2. The van der Waals surface area contributed by atoms with Crippen molar-refractivity contribution in [2.24, 2.45) is 5.10 Å². The minimum atomic E-state index is -0.327. The molecule has 128 valence electrons. The van der Waals surface area contributed by atoms with Crippen LogP contribution >= 0.6 is 11.3 Å². The fourth-order valence-corrected chi connectivity index (χ4v) is 3.10. The van der Waals surface area contributed by atoms with Crippen LogP contribution in [0.15, 0.2) is 41.5 Å². The van der Waals surface area contributed by atoms with Crippen LogP contribution in [-0.2, 0) is 0 Å². The Hall–Kier alpha value is -3.13. The summed E-state index contributed by atoms with van der Waals surface area (Å²) >= 11 is 1.33. The smallest absolute Gasteiger partial charge is 0.271 e. The lowest BCUT2D eigenvalue weighted by Crippen LogP contribution is -2.17. The van der Waals surface area contributed by atoms with Crippen molar-refractivity contribution in [3.63, 3.8) is 0 Å². The molecule has 3 aromatic rings. The van der Waals surface area contributed by atoms with E-state index in [1.54, 1.807) is 38.5 Å². The van der Waals surface area contributed by atoms with Gasteiger partial charge in [0.05, 0.1) is 30.7 Å². The molecule has 0 radical (unpaired) electrons. The molecule has 0 aliphatic rings. The molecule has 0 saturated heterocycles. The number of methoxy groups -OCH3 is 2. The fourth-order valence-electron chi connectivity index (χ4n) is 2.32. The van der Waals surface area contributed by atoms with E-state index in [9.17, 15) is 4.79 Å². The molecule has 7 nitrogen and oxygen atoms in total. The number of fused-ring (bicyclic) bond motifs is 1. The lowest BCUT2D eigenvalue weighted by molar-refractivity contribution is 0.0955. The second-order valence-corrected chi connectivity index (χ2v) is 6.08. The summed E-state index contributed by atoms with van der Waals surface area (Å²) in [6.45, 7) is 0. The number of carbonyl (C=O) groups excluding carboxylic acids is 1. The van der Waals surface area contributed by atoms with Crippen molar-refractivity contribution < 1.29 is 14.3 Å². The van der Waals surface area contributed by atoms with E-state index in [0.29, 0.717) is 27.8 Å². The highest BCUT2D eigenvalue weighted by molar-refractivity contribution is 7.22. The van der Waals surface area contributed by atoms with Gasteiger partial charge in [-0.05, 0) is 30.3 Å². The number of hydrogen-bond acceptors (Lipinski definition) is 7. The van der Waals surface area contributed by atoms with Gasteiger partial charge in [-0.3, -0.25) is 4.79 Å². The molecule has 0 aliphatic carbocycles. The Balaban J connectivity index is 1.76. The van der Waals surface area contributed by atoms with Crippen LogP contribution in [0.2, 0.25) is 0 Å². The summed E-state index contributed by atoms with van der Waals surface area (Å²) in [5.41, 5.74) is 10.1. The number of rotatable bonds is 5. The van der Waals surface area contributed by atoms with E-state index in [0.717, 1.165) is 10.2 Å². The Labute approximate surface area is 148 Å². The summed E-state index contributed by atoms with van der Waals surface area (Å²) < 4.78 is 11.4. The highest BCUT2D eigenvalue weighted by Gasteiger charge is 2.09. The average molecular weight is 356 g/mol. The summed E-state index contributed by atoms with van der Waals surface area (Å²) in [6, 6.07) is 10.6. The maximum Gasteiger partial charge on any atom is 0.271 e. The van der Waals surface area contributed by atoms with Gasteiger partial charge in [-0.25, -0.2) is 10.4 Å². The largest absolute Gasteiger partial charge is 0.493 e. The quantitative estimate of drug-likeness (QED) is 0.541. The summed E-state index contributed by atoms with van der Waals surface area (Å²) in [4.78, 5) is 16.4. The maximum absolute atomic E-state index is 12.2. The van der Waals surface area contributed by atoms with Gasteiger partial charge in [0.25, 0.3) is 5.91 Å². The van der Waals surface area contributed by atoms with Crippen molar-refractivity contribution in [3.8, 4) is 11.5 Å². The first kappa shape index (κ1) is 16.7. The molecule has 0 unspecified atom stereocenters. The molecule has 0 spiro atoms. The number of nitrogens with zero attached hydrogens (tertiary/aromatic N) is 2. The minimum absolute atomic E-state index is 0.327. The van der Waals surface area contributed by atoms with Crippen LogP contribution in [0.4, 0.5) is 5.13 Å². The Morgan fingerprint density at radius 3 is 2.88 bits per heavy atom. The summed E-state index contributed by atoms with van der Waals surface area (Å²) in [6.07, 6.45) is 1.50. The number of nitrogens with two attached hydrogens (primary N) is 1. The number of benzene rings is 2. The molecule has 0 bridgehead atoms. The zero-order chi connectivity index (χ0) is 17.8. The van der Waals surface area contributed by atoms with Crippen molar-refractivity contribution in [2.45, 2.75) is 0 Å². The lowest BCUT2D eigenvalue weighted by atomic mass is 10.2. The fraction of sp³-hybridized carbons (Fsp3) is 0.118. The molecule has 0 aliphatic heterocycles. The number of carbonyl (C=O) groups is 1. The lowest BCUT2D eigenvalue weighted by Gasteiger charge is -2.09. The second-order valence-electron chi connectivity index (χ2n) is 5.02. The molecular weight excluding hydrogens is 340 g/mol. The Bertz CT molecular complexity index is 952. The molecule has 3 rings (SSSR count). The molecule has 1 aromatic heterocycles. The topological polar surface area (TPSA) is 98.8 Å².